The number of amides is 1. The van der Waals surface area contributed by atoms with Gasteiger partial charge >= 0.3 is 0 Å². The van der Waals surface area contributed by atoms with Gasteiger partial charge in [0.15, 0.2) is 11.5 Å². The Morgan fingerprint density at radius 1 is 1.12 bits per heavy atom. The van der Waals surface area contributed by atoms with Gasteiger partial charge in [0.1, 0.15) is 5.75 Å². The number of benzene rings is 2. The van der Waals surface area contributed by atoms with Gasteiger partial charge in [-0.05, 0) is 55.3 Å². The summed E-state index contributed by atoms with van der Waals surface area (Å²) >= 11 is 0. The molecule has 1 amide bonds. The summed E-state index contributed by atoms with van der Waals surface area (Å²) < 4.78 is 21.4. The third-order valence-electron chi connectivity index (χ3n) is 5.95. The van der Waals surface area contributed by atoms with E-state index < -0.39 is 0 Å². The van der Waals surface area contributed by atoms with Crippen molar-refractivity contribution < 1.29 is 23.5 Å². The van der Waals surface area contributed by atoms with Gasteiger partial charge in [-0.2, -0.15) is 4.98 Å². The Bertz CT molecular complexity index is 1120. The molecule has 34 heavy (non-hydrogen) atoms. The molecule has 1 saturated heterocycles. The van der Waals surface area contributed by atoms with E-state index in [1.54, 1.807) is 21.3 Å². The third-order valence-corrected chi connectivity index (χ3v) is 5.95. The first-order valence-corrected chi connectivity index (χ1v) is 11.3. The molecule has 3 aromatic rings. The van der Waals surface area contributed by atoms with Crippen LogP contribution in [0.5, 0.6) is 17.2 Å². The van der Waals surface area contributed by atoms with E-state index in [-0.39, 0.29) is 11.8 Å². The molecule has 0 aliphatic carbocycles. The lowest BCUT2D eigenvalue weighted by Gasteiger charge is -2.30. The van der Waals surface area contributed by atoms with Gasteiger partial charge in [-0.25, -0.2) is 0 Å². The summed E-state index contributed by atoms with van der Waals surface area (Å²) in [5.74, 6) is 3.01. The second-order valence-electron chi connectivity index (χ2n) is 8.23. The molecule has 2 aromatic carbocycles. The molecule has 1 aliphatic rings. The van der Waals surface area contributed by atoms with Crippen LogP contribution < -0.4 is 19.5 Å². The molecular weight excluding hydrogens is 436 g/mol. The molecule has 9 heteroatoms. The summed E-state index contributed by atoms with van der Waals surface area (Å²) in [7, 11) is 4.81. The van der Waals surface area contributed by atoms with E-state index in [0.29, 0.717) is 42.8 Å². The quantitative estimate of drug-likeness (QED) is 0.513. The van der Waals surface area contributed by atoms with Crippen LogP contribution >= 0.6 is 0 Å². The maximum Gasteiger partial charge on any atom is 0.241 e. The van der Waals surface area contributed by atoms with Crippen LogP contribution in [0.4, 0.5) is 0 Å². The van der Waals surface area contributed by atoms with E-state index in [1.165, 1.54) is 0 Å². The minimum Gasteiger partial charge on any atom is -0.497 e. The molecule has 1 fully saturated rings. The maximum atomic E-state index is 12.8. The lowest BCUT2D eigenvalue weighted by atomic mass is 9.97. The van der Waals surface area contributed by atoms with Crippen molar-refractivity contribution in [2.45, 2.75) is 25.9 Å². The first-order chi connectivity index (χ1) is 16.6. The monoisotopic (exact) mass is 466 g/mol. The average Bonchev–Trinajstić information content (AvgIpc) is 3.35. The molecule has 180 valence electrons. The fraction of sp³-hybridized carbons (Fsp3) is 0.400. The molecular formula is C25H30N4O5. The zero-order valence-corrected chi connectivity index (χ0v) is 19.7. The molecule has 0 saturated carbocycles. The van der Waals surface area contributed by atoms with Crippen LogP contribution in [0.1, 0.15) is 24.3 Å². The molecule has 9 nitrogen and oxygen atoms in total. The average molecular weight is 467 g/mol. The number of rotatable bonds is 9. The Hall–Kier alpha value is -3.59. The lowest BCUT2D eigenvalue weighted by Crippen LogP contribution is -2.42. The molecule has 0 radical (unpaired) electrons. The molecule has 0 unspecified atom stereocenters. The highest BCUT2D eigenvalue weighted by Gasteiger charge is 2.27. The first-order valence-electron chi connectivity index (χ1n) is 11.3. The smallest absolute Gasteiger partial charge is 0.241 e. The zero-order chi connectivity index (χ0) is 23.9. The van der Waals surface area contributed by atoms with E-state index >= 15 is 0 Å². The minimum atomic E-state index is -0.0763. The Kier molecular flexibility index (Phi) is 7.64. The number of hydrogen-bond donors (Lipinski definition) is 1. The number of ether oxygens (including phenoxy) is 3. The maximum absolute atomic E-state index is 12.8. The van der Waals surface area contributed by atoms with Crippen LogP contribution in [0.15, 0.2) is 47.0 Å². The van der Waals surface area contributed by atoms with Gasteiger partial charge in [-0.3, -0.25) is 9.69 Å². The number of carbonyl (C=O) groups excluding carboxylic acids is 1. The summed E-state index contributed by atoms with van der Waals surface area (Å²) in [5, 5.41) is 7.17. The summed E-state index contributed by atoms with van der Waals surface area (Å²) in [4.78, 5) is 19.5. The van der Waals surface area contributed by atoms with Crippen molar-refractivity contribution in [3.8, 4) is 28.6 Å². The number of methoxy groups -OCH3 is 3. The van der Waals surface area contributed by atoms with E-state index in [1.807, 2.05) is 42.5 Å². The Labute approximate surface area is 199 Å². The molecule has 2 heterocycles. The van der Waals surface area contributed by atoms with E-state index in [2.05, 4.69) is 20.4 Å². The molecule has 1 N–H and O–H groups in total. The minimum absolute atomic E-state index is 0.0593. The summed E-state index contributed by atoms with van der Waals surface area (Å²) in [5.41, 5.74) is 1.79. The number of nitrogens with zero attached hydrogens (tertiary/aromatic N) is 3. The second kappa shape index (κ2) is 11.0. The normalized spacial score (nSPS) is 16.1. The van der Waals surface area contributed by atoms with E-state index in [4.69, 9.17) is 18.7 Å². The summed E-state index contributed by atoms with van der Waals surface area (Å²) in [6, 6.07) is 13.2. The van der Waals surface area contributed by atoms with Gasteiger partial charge in [0, 0.05) is 18.7 Å². The van der Waals surface area contributed by atoms with Gasteiger partial charge in [-0.15, -0.1) is 0 Å². The van der Waals surface area contributed by atoms with Gasteiger partial charge in [0.05, 0.1) is 33.8 Å². The lowest BCUT2D eigenvalue weighted by molar-refractivity contribution is -0.127. The zero-order valence-electron chi connectivity index (χ0n) is 19.7. The highest BCUT2D eigenvalue weighted by molar-refractivity contribution is 5.79. The third kappa shape index (κ3) is 5.66. The molecule has 1 atom stereocenters. The van der Waals surface area contributed by atoms with Crippen molar-refractivity contribution in [1.82, 2.24) is 20.4 Å². The molecule has 0 bridgehead atoms. The van der Waals surface area contributed by atoms with Gasteiger partial charge < -0.3 is 24.1 Å². The highest BCUT2D eigenvalue weighted by atomic mass is 16.5. The van der Waals surface area contributed by atoms with Gasteiger partial charge in [-0.1, -0.05) is 17.3 Å². The van der Waals surface area contributed by atoms with Crippen molar-refractivity contribution in [1.29, 1.82) is 0 Å². The number of aromatic nitrogens is 2. The van der Waals surface area contributed by atoms with Crippen molar-refractivity contribution in [2.24, 2.45) is 5.92 Å². The molecule has 4 rings (SSSR count). The standard InChI is InChI=1S/C25H30N4O5/c1-31-20-8-4-6-17(12-20)14-26-25(30)19-7-5-11-29(15-19)16-23-27-24(28-34-23)18-9-10-21(32-2)22(13-18)33-3/h4,6,8-10,12-13,19H,5,7,11,14-16H2,1-3H3,(H,26,30)/t19-/m1/s1. The second-order valence-corrected chi connectivity index (χ2v) is 8.23. The molecule has 1 aromatic heterocycles. The van der Waals surface area contributed by atoms with Gasteiger partial charge in [0.2, 0.25) is 17.6 Å². The Morgan fingerprint density at radius 3 is 2.76 bits per heavy atom. The number of carbonyl (C=O) groups is 1. The molecule has 1 aliphatic heterocycles. The summed E-state index contributed by atoms with van der Waals surface area (Å²) in [6.07, 6.45) is 1.80. The fourth-order valence-corrected chi connectivity index (χ4v) is 4.13. The first kappa shape index (κ1) is 23.6. The Balaban J connectivity index is 1.33. The topological polar surface area (TPSA) is 99.0 Å². The van der Waals surface area contributed by atoms with Crippen molar-refractivity contribution >= 4 is 5.91 Å². The van der Waals surface area contributed by atoms with Crippen molar-refractivity contribution in [3.05, 3.63) is 53.9 Å². The Morgan fingerprint density at radius 2 is 1.97 bits per heavy atom. The van der Waals surface area contributed by atoms with Crippen molar-refractivity contribution in [2.75, 3.05) is 34.4 Å². The van der Waals surface area contributed by atoms with Gasteiger partial charge in [0.25, 0.3) is 0 Å². The highest BCUT2D eigenvalue weighted by Crippen LogP contribution is 2.31. The van der Waals surface area contributed by atoms with E-state index in [0.717, 1.165) is 36.3 Å². The van der Waals surface area contributed by atoms with E-state index in [9.17, 15) is 4.79 Å². The SMILES string of the molecule is COc1cccc(CNC(=O)[C@@H]2CCCN(Cc3nc(-c4ccc(OC)c(OC)c4)no3)C2)c1. The van der Waals surface area contributed by atoms with Crippen LogP contribution in [0.2, 0.25) is 0 Å². The molecule has 0 spiro atoms. The fourth-order valence-electron chi connectivity index (χ4n) is 4.13. The van der Waals surface area contributed by atoms with Crippen LogP contribution in [-0.2, 0) is 17.9 Å². The van der Waals surface area contributed by atoms with Crippen molar-refractivity contribution in [3.63, 3.8) is 0 Å². The van der Waals surface area contributed by atoms with Crippen LogP contribution in [0.3, 0.4) is 0 Å². The van der Waals surface area contributed by atoms with Crippen LogP contribution in [0, 0.1) is 5.92 Å². The number of nitrogens with one attached hydrogen (secondary N) is 1. The number of likely N-dealkylation sites (tertiary alicyclic amines) is 1. The largest absolute Gasteiger partial charge is 0.497 e. The summed E-state index contributed by atoms with van der Waals surface area (Å²) in [6.45, 7) is 2.51. The predicted octanol–water partition coefficient (Wildman–Crippen LogP) is 3.29. The van der Waals surface area contributed by atoms with Crippen LogP contribution in [-0.4, -0.2) is 55.4 Å². The van der Waals surface area contributed by atoms with Crippen LogP contribution in [0.25, 0.3) is 11.4 Å². The number of piperidine rings is 1. The predicted molar refractivity (Wildman–Crippen MR) is 126 cm³/mol. The number of hydrogen-bond acceptors (Lipinski definition) is 8.